The van der Waals surface area contributed by atoms with Crippen molar-refractivity contribution in [2.24, 2.45) is 5.92 Å². The van der Waals surface area contributed by atoms with Gasteiger partial charge in [0.1, 0.15) is 0 Å². The second kappa shape index (κ2) is 4.87. The molecule has 2 aliphatic heterocycles. The van der Waals surface area contributed by atoms with Crippen LogP contribution in [0.15, 0.2) is 0 Å². The van der Waals surface area contributed by atoms with E-state index in [-0.39, 0.29) is 0 Å². The summed E-state index contributed by atoms with van der Waals surface area (Å²) in [5, 5.41) is 3.72. The van der Waals surface area contributed by atoms with E-state index in [1.165, 1.54) is 51.9 Å². The van der Waals surface area contributed by atoms with Crippen LogP contribution in [0.3, 0.4) is 0 Å². The highest BCUT2D eigenvalue weighted by Gasteiger charge is 2.36. The van der Waals surface area contributed by atoms with Gasteiger partial charge in [-0.25, -0.2) is 0 Å². The Morgan fingerprint density at radius 1 is 1.12 bits per heavy atom. The highest BCUT2D eigenvalue weighted by atomic mass is 15.2. The molecule has 3 unspecified atom stereocenters. The monoisotopic (exact) mass is 237 g/mol. The van der Waals surface area contributed by atoms with Crippen LogP contribution in [0.25, 0.3) is 0 Å². The molecule has 0 aromatic carbocycles. The van der Waals surface area contributed by atoms with Crippen LogP contribution < -0.4 is 5.32 Å². The number of piperidine rings is 1. The van der Waals surface area contributed by atoms with Crippen molar-refractivity contribution in [2.45, 2.75) is 50.7 Å². The largest absolute Gasteiger partial charge is 0.311 e. The molecule has 98 valence electrons. The molecule has 2 saturated heterocycles. The molecule has 3 heteroatoms. The quantitative estimate of drug-likeness (QED) is 0.777. The van der Waals surface area contributed by atoms with Gasteiger partial charge in [0.15, 0.2) is 0 Å². The maximum atomic E-state index is 3.72. The van der Waals surface area contributed by atoms with E-state index < -0.39 is 0 Å². The van der Waals surface area contributed by atoms with Crippen LogP contribution in [0.2, 0.25) is 0 Å². The predicted octanol–water partition coefficient (Wildman–Crippen LogP) is 1.15. The molecule has 3 nitrogen and oxygen atoms in total. The zero-order chi connectivity index (χ0) is 11.8. The van der Waals surface area contributed by atoms with Crippen LogP contribution in [-0.2, 0) is 0 Å². The maximum absolute atomic E-state index is 3.72. The fraction of sp³-hybridized carbons (Fsp3) is 1.00. The highest BCUT2D eigenvalue weighted by molar-refractivity contribution is 4.94. The van der Waals surface area contributed by atoms with Crippen LogP contribution in [0.4, 0.5) is 0 Å². The number of piperazine rings is 1. The first-order valence-electron chi connectivity index (χ1n) is 7.41. The lowest BCUT2D eigenvalue weighted by atomic mass is 9.95. The third-order valence-corrected chi connectivity index (χ3v) is 5.12. The second-order valence-corrected chi connectivity index (χ2v) is 6.40. The first-order valence-corrected chi connectivity index (χ1v) is 7.41. The Bertz CT molecular complexity index is 264. The molecule has 1 aliphatic carbocycles. The van der Waals surface area contributed by atoms with Crippen molar-refractivity contribution in [3.05, 3.63) is 0 Å². The Morgan fingerprint density at radius 3 is 2.65 bits per heavy atom. The molecule has 0 aromatic rings. The lowest BCUT2D eigenvalue weighted by Gasteiger charge is -2.44. The molecule has 3 rings (SSSR count). The second-order valence-electron chi connectivity index (χ2n) is 6.40. The van der Waals surface area contributed by atoms with Gasteiger partial charge in [-0.2, -0.15) is 0 Å². The number of nitrogens with zero attached hydrogens (tertiary/aromatic N) is 2. The zero-order valence-electron chi connectivity index (χ0n) is 11.4. The van der Waals surface area contributed by atoms with E-state index >= 15 is 0 Å². The fourth-order valence-electron chi connectivity index (χ4n) is 3.54. The minimum absolute atomic E-state index is 0.767. The average Bonchev–Trinajstić information content (AvgIpc) is 3.17. The fourth-order valence-corrected chi connectivity index (χ4v) is 3.54. The van der Waals surface area contributed by atoms with Gasteiger partial charge in [0.05, 0.1) is 0 Å². The molecule has 0 bridgehead atoms. The molecule has 0 radical (unpaired) electrons. The van der Waals surface area contributed by atoms with Crippen molar-refractivity contribution in [3.8, 4) is 0 Å². The molecule has 3 atom stereocenters. The zero-order valence-corrected chi connectivity index (χ0v) is 11.4. The van der Waals surface area contributed by atoms with Gasteiger partial charge in [-0.15, -0.1) is 0 Å². The van der Waals surface area contributed by atoms with E-state index in [1.807, 2.05) is 0 Å². The first-order chi connectivity index (χ1) is 8.24. The smallest absolute Gasteiger partial charge is 0.0223 e. The van der Waals surface area contributed by atoms with Crippen molar-refractivity contribution >= 4 is 0 Å². The number of likely N-dealkylation sites (tertiary alicyclic amines) is 1. The van der Waals surface area contributed by atoms with Gasteiger partial charge in [-0.05, 0) is 52.1 Å². The lowest BCUT2D eigenvalue weighted by molar-refractivity contribution is 0.0642. The van der Waals surface area contributed by atoms with Crippen molar-refractivity contribution in [1.82, 2.24) is 15.1 Å². The van der Waals surface area contributed by atoms with Crippen LogP contribution >= 0.6 is 0 Å². The van der Waals surface area contributed by atoms with Gasteiger partial charge >= 0.3 is 0 Å². The summed E-state index contributed by atoms with van der Waals surface area (Å²) < 4.78 is 0. The van der Waals surface area contributed by atoms with E-state index in [0.717, 1.165) is 24.0 Å². The third kappa shape index (κ3) is 2.67. The molecule has 17 heavy (non-hydrogen) atoms. The molecule has 1 saturated carbocycles. The molecular weight excluding hydrogens is 210 g/mol. The summed E-state index contributed by atoms with van der Waals surface area (Å²) in [6.45, 7) is 7.45. The topological polar surface area (TPSA) is 18.5 Å². The van der Waals surface area contributed by atoms with Gasteiger partial charge in [0.2, 0.25) is 0 Å². The molecule has 2 heterocycles. The minimum Gasteiger partial charge on any atom is -0.311 e. The van der Waals surface area contributed by atoms with E-state index in [0.29, 0.717) is 0 Å². The van der Waals surface area contributed by atoms with E-state index in [9.17, 15) is 0 Å². The normalized spacial score (nSPS) is 41.6. The van der Waals surface area contributed by atoms with Crippen molar-refractivity contribution in [1.29, 1.82) is 0 Å². The highest BCUT2D eigenvalue weighted by Crippen LogP contribution is 2.34. The molecule has 1 N–H and O–H groups in total. The van der Waals surface area contributed by atoms with Crippen LogP contribution in [0, 0.1) is 5.92 Å². The summed E-state index contributed by atoms with van der Waals surface area (Å²) in [4.78, 5) is 5.29. The SMILES string of the molecule is CC1CC(N2CCNC(C3CC3)C2)CCN1C. The van der Waals surface area contributed by atoms with Crippen LogP contribution in [0.5, 0.6) is 0 Å². The Balaban J connectivity index is 1.56. The van der Waals surface area contributed by atoms with Gasteiger partial charge < -0.3 is 10.2 Å². The summed E-state index contributed by atoms with van der Waals surface area (Å²) in [6.07, 6.45) is 5.68. The summed E-state index contributed by atoms with van der Waals surface area (Å²) in [5.41, 5.74) is 0. The van der Waals surface area contributed by atoms with Gasteiger partial charge in [-0.3, -0.25) is 4.90 Å². The standard InChI is InChI=1S/C14H27N3/c1-11-9-13(5-7-16(11)2)17-8-6-15-14(10-17)12-3-4-12/h11-15H,3-10H2,1-2H3. The number of hydrogen-bond acceptors (Lipinski definition) is 3. The number of hydrogen-bond donors (Lipinski definition) is 1. The molecule has 0 spiro atoms. The minimum atomic E-state index is 0.767. The Labute approximate surface area is 106 Å². The van der Waals surface area contributed by atoms with E-state index in [1.54, 1.807) is 0 Å². The van der Waals surface area contributed by atoms with Crippen molar-refractivity contribution < 1.29 is 0 Å². The van der Waals surface area contributed by atoms with Gasteiger partial charge in [0, 0.05) is 37.8 Å². The van der Waals surface area contributed by atoms with E-state index in [2.05, 4.69) is 29.1 Å². The molecule has 3 fully saturated rings. The lowest BCUT2D eigenvalue weighted by Crippen LogP contribution is -2.57. The number of nitrogens with one attached hydrogen (secondary N) is 1. The predicted molar refractivity (Wildman–Crippen MR) is 71.2 cm³/mol. The molecule has 3 aliphatic rings. The molecule has 0 aromatic heterocycles. The first kappa shape index (κ1) is 11.9. The summed E-state index contributed by atoms with van der Waals surface area (Å²) in [5.74, 6) is 1.00. The summed E-state index contributed by atoms with van der Waals surface area (Å²) in [6, 6.07) is 2.42. The van der Waals surface area contributed by atoms with Crippen LogP contribution in [-0.4, -0.2) is 61.2 Å². The van der Waals surface area contributed by atoms with Gasteiger partial charge in [0.25, 0.3) is 0 Å². The molecule has 0 amide bonds. The van der Waals surface area contributed by atoms with Crippen LogP contribution in [0.1, 0.15) is 32.6 Å². The average molecular weight is 237 g/mol. The molecular formula is C14H27N3. The summed E-state index contributed by atoms with van der Waals surface area (Å²) in [7, 11) is 2.27. The maximum Gasteiger partial charge on any atom is 0.0223 e. The Hall–Kier alpha value is -0.120. The summed E-state index contributed by atoms with van der Waals surface area (Å²) >= 11 is 0. The van der Waals surface area contributed by atoms with Crippen molar-refractivity contribution in [2.75, 3.05) is 33.2 Å². The van der Waals surface area contributed by atoms with Gasteiger partial charge in [-0.1, -0.05) is 0 Å². The Morgan fingerprint density at radius 2 is 1.94 bits per heavy atom. The Kier molecular flexibility index (Phi) is 3.42. The number of rotatable bonds is 2. The third-order valence-electron chi connectivity index (χ3n) is 5.12. The van der Waals surface area contributed by atoms with Crippen molar-refractivity contribution in [3.63, 3.8) is 0 Å². The van der Waals surface area contributed by atoms with E-state index in [4.69, 9.17) is 0 Å².